The molecule has 0 saturated heterocycles. The van der Waals surface area contributed by atoms with Crippen LogP contribution < -0.4 is 15.8 Å². The van der Waals surface area contributed by atoms with Gasteiger partial charge in [-0.25, -0.2) is 0 Å². The molecule has 8 nitrogen and oxygen atoms in total. The summed E-state index contributed by atoms with van der Waals surface area (Å²) in [6, 6.07) is 26.2. The fraction of sp³-hybridized carbons (Fsp3) is 0.303. The Labute approximate surface area is 240 Å². The van der Waals surface area contributed by atoms with E-state index in [0.717, 1.165) is 53.1 Å². The van der Waals surface area contributed by atoms with Crippen LogP contribution in [0.2, 0.25) is 0 Å². The van der Waals surface area contributed by atoms with Crippen LogP contribution in [0, 0.1) is 0 Å². The van der Waals surface area contributed by atoms with E-state index in [1.165, 1.54) is 11.1 Å². The second kappa shape index (κ2) is 12.4. The Morgan fingerprint density at radius 1 is 0.951 bits per heavy atom. The van der Waals surface area contributed by atoms with E-state index in [1.807, 2.05) is 36.5 Å². The molecule has 0 spiro atoms. The summed E-state index contributed by atoms with van der Waals surface area (Å²) in [6.07, 6.45) is 4.91. The highest BCUT2D eigenvalue weighted by Gasteiger charge is 2.29. The van der Waals surface area contributed by atoms with Gasteiger partial charge in [-0.05, 0) is 61.6 Å². The van der Waals surface area contributed by atoms with Crippen molar-refractivity contribution in [2.45, 2.75) is 57.7 Å². The number of benzene rings is 3. The van der Waals surface area contributed by atoms with Gasteiger partial charge in [0, 0.05) is 36.5 Å². The number of carbonyl (C=O) groups is 1. The molecule has 4 N–H and O–H groups in total. The summed E-state index contributed by atoms with van der Waals surface area (Å²) in [5, 5.41) is 13.7. The summed E-state index contributed by atoms with van der Waals surface area (Å²) < 4.78 is 7.51. The van der Waals surface area contributed by atoms with Crippen molar-refractivity contribution in [1.29, 1.82) is 0 Å². The highest BCUT2D eigenvalue weighted by Crippen LogP contribution is 2.26. The lowest BCUT2D eigenvalue weighted by Gasteiger charge is -2.25. The number of ether oxygens (including phenoxy) is 1. The van der Waals surface area contributed by atoms with Crippen LogP contribution in [0.25, 0.3) is 10.9 Å². The zero-order valence-electron chi connectivity index (χ0n) is 23.9. The third kappa shape index (κ3) is 6.84. The molecule has 212 valence electrons. The van der Waals surface area contributed by atoms with Gasteiger partial charge in [0.2, 0.25) is 5.91 Å². The average molecular weight is 551 g/mol. The van der Waals surface area contributed by atoms with Gasteiger partial charge in [0.15, 0.2) is 5.82 Å². The quantitative estimate of drug-likeness (QED) is 0.204. The first-order valence-corrected chi connectivity index (χ1v) is 14.1. The fourth-order valence-corrected chi connectivity index (χ4v) is 5.04. The van der Waals surface area contributed by atoms with E-state index in [2.05, 4.69) is 68.5 Å². The van der Waals surface area contributed by atoms with Gasteiger partial charge in [-0.3, -0.25) is 4.79 Å². The Kier molecular flexibility index (Phi) is 8.50. The molecule has 41 heavy (non-hydrogen) atoms. The molecule has 0 saturated carbocycles. The van der Waals surface area contributed by atoms with E-state index in [9.17, 15) is 4.79 Å². The number of carbonyl (C=O) groups excluding carboxylic acids is 1. The number of para-hydroxylation sites is 1. The summed E-state index contributed by atoms with van der Waals surface area (Å²) in [5.41, 5.74) is 9.74. The van der Waals surface area contributed by atoms with Crippen molar-refractivity contribution < 1.29 is 9.53 Å². The molecule has 3 aromatic carbocycles. The molecule has 2 heterocycles. The summed E-state index contributed by atoms with van der Waals surface area (Å²) in [6.45, 7) is 4.10. The minimum atomic E-state index is -1.04. The largest absolute Gasteiger partial charge is 0.497 e. The summed E-state index contributed by atoms with van der Waals surface area (Å²) in [4.78, 5) is 16.5. The number of hydrogen-bond acceptors (Lipinski definition) is 5. The molecule has 0 bridgehead atoms. The van der Waals surface area contributed by atoms with E-state index >= 15 is 0 Å². The van der Waals surface area contributed by atoms with E-state index in [0.29, 0.717) is 13.0 Å². The lowest BCUT2D eigenvalue weighted by molar-refractivity contribution is -0.126. The fourth-order valence-electron chi connectivity index (χ4n) is 5.04. The average Bonchev–Trinajstić information content (AvgIpc) is 3.58. The van der Waals surface area contributed by atoms with Crippen LogP contribution in [0.3, 0.4) is 0 Å². The molecule has 1 amide bonds. The van der Waals surface area contributed by atoms with Crippen molar-refractivity contribution in [2.24, 2.45) is 5.73 Å². The zero-order valence-corrected chi connectivity index (χ0v) is 23.9. The Morgan fingerprint density at radius 3 is 2.39 bits per heavy atom. The maximum atomic E-state index is 13.2. The molecular weight excluding hydrogens is 512 g/mol. The molecule has 5 aromatic rings. The number of H-pyrrole nitrogens is 1. The number of nitrogens with one attached hydrogen (secondary N) is 2. The van der Waals surface area contributed by atoms with Gasteiger partial charge >= 0.3 is 0 Å². The van der Waals surface area contributed by atoms with Gasteiger partial charge < -0.3 is 25.3 Å². The molecule has 0 aliphatic rings. The van der Waals surface area contributed by atoms with Crippen LogP contribution in [-0.4, -0.2) is 38.3 Å². The number of hydrogen-bond donors (Lipinski definition) is 3. The first kappa shape index (κ1) is 28.1. The molecule has 8 heteroatoms. The molecule has 5 rings (SSSR count). The molecule has 1 unspecified atom stereocenters. The number of amides is 1. The van der Waals surface area contributed by atoms with Crippen LogP contribution in [0.1, 0.15) is 48.2 Å². The van der Waals surface area contributed by atoms with Gasteiger partial charge in [0.05, 0.1) is 18.7 Å². The van der Waals surface area contributed by atoms with E-state index in [-0.39, 0.29) is 5.91 Å². The summed E-state index contributed by atoms with van der Waals surface area (Å²) in [7, 11) is 1.67. The third-order valence-corrected chi connectivity index (χ3v) is 7.42. The summed E-state index contributed by atoms with van der Waals surface area (Å²) in [5.74, 6) is 2.21. The number of aromatic nitrogens is 4. The lowest BCUT2D eigenvalue weighted by atomic mass is 10.0. The lowest BCUT2D eigenvalue weighted by Crippen LogP contribution is -2.50. The van der Waals surface area contributed by atoms with Gasteiger partial charge in [0.25, 0.3) is 0 Å². The highest BCUT2D eigenvalue weighted by atomic mass is 16.5. The van der Waals surface area contributed by atoms with Crippen LogP contribution in [0.4, 0.5) is 0 Å². The zero-order chi connectivity index (χ0) is 28.8. The van der Waals surface area contributed by atoms with Gasteiger partial charge in [0.1, 0.15) is 11.6 Å². The van der Waals surface area contributed by atoms with Gasteiger partial charge in [-0.15, -0.1) is 10.2 Å². The smallest absolute Gasteiger partial charge is 0.240 e. The topological polar surface area (TPSA) is 111 Å². The molecule has 1 atom stereocenters. The van der Waals surface area contributed by atoms with Crippen LogP contribution >= 0.6 is 0 Å². The third-order valence-electron chi connectivity index (χ3n) is 7.42. The Morgan fingerprint density at radius 2 is 1.66 bits per heavy atom. The number of aromatic amines is 1. The predicted molar refractivity (Wildman–Crippen MR) is 162 cm³/mol. The van der Waals surface area contributed by atoms with Crippen molar-refractivity contribution in [2.75, 3.05) is 7.11 Å². The second-order valence-corrected chi connectivity index (χ2v) is 11.0. The van der Waals surface area contributed by atoms with Crippen LogP contribution in [0.5, 0.6) is 5.75 Å². The number of aryl methyl sites for hydroxylation is 3. The number of nitrogens with zero attached hydrogens (tertiary/aromatic N) is 3. The molecule has 0 radical (unpaired) electrons. The SMILES string of the molecule is COc1ccc(CCn2c(CCc3ccccc3)nnc2C(Cc2c[nH]c3ccccc23)NC(=O)C(C)(C)N)cc1. The normalized spacial score (nSPS) is 12.4. The number of rotatable bonds is 12. The maximum absolute atomic E-state index is 13.2. The van der Waals surface area contributed by atoms with Crippen molar-refractivity contribution in [3.05, 3.63) is 113 Å². The Balaban J connectivity index is 1.49. The van der Waals surface area contributed by atoms with E-state index in [4.69, 9.17) is 15.6 Å². The first-order valence-electron chi connectivity index (χ1n) is 14.1. The van der Waals surface area contributed by atoms with Gasteiger partial charge in [-0.1, -0.05) is 60.7 Å². The second-order valence-electron chi connectivity index (χ2n) is 11.0. The monoisotopic (exact) mass is 550 g/mol. The minimum absolute atomic E-state index is 0.238. The molecule has 0 fully saturated rings. The predicted octanol–water partition coefficient (Wildman–Crippen LogP) is 4.93. The van der Waals surface area contributed by atoms with Crippen molar-refractivity contribution in [3.63, 3.8) is 0 Å². The number of nitrogens with two attached hydrogens (primary N) is 1. The van der Waals surface area contributed by atoms with Crippen molar-refractivity contribution >= 4 is 16.8 Å². The number of methoxy groups -OCH3 is 1. The van der Waals surface area contributed by atoms with Crippen molar-refractivity contribution in [1.82, 2.24) is 25.1 Å². The number of fused-ring (bicyclic) bond motifs is 1. The Bertz CT molecular complexity index is 1580. The van der Waals surface area contributed by atoms with Gasteiger partial charge in [-0.2, -0.15) is 0 Å². The van der Waals surface area contributed by atoms with E-state index < -0.39 is 11.6 Å². The van der Waals surface area contributed by atoms with Crippen molar-refractivity contribution in [3.8, 4) is 5.75 Å². The summed E-state index contributed by atoms with van der Waals surface area (Å²) >= 11 is 0. The van der Waals surface area contributed by atoms with Crippen LogP contribution in [0.15, 0.2) is 85.1 Å². The molecule has 2 aromatic heterocycles. The Hall–Kier alpha value is -4.43. The minimum Gasteiger partial charge on any atom is -0.497 e. The molecule has 0 aliphatic carbocycles. The molecule has 0 aliphatic heterocycles. The van der Waals surface area contributed by atoms with Crippen LogP contribution in [-0.2, 0) is 37.0 Å². The first-order chi connectivity index (χ1) is 19.8. The highest BCUT2D eigenvalue weighted by molar-refractivity contribution is 5.86. The van der Waals surface area contributed by atoms with E-state index in [1.54, 1.807) is 21.0 Å². The standard InChI is InChI=1S/C33H38N6O2/c1-33(2,34)32(40)36-29(21-25-22-35-28-12-8-7-11-27(25)28)31-38-37-30(18-15-23-9-5-4-6-10-23)39(31)20-19-24-13-16-26(41-3)17-14-24/h4-14,16-17,22,29,35H,15,18-21,34H2,1-3H3,(H,36,40). The maximum Gasteiger partial charge on any atom is 0.240 e. The molecular formula is C33H38N6O2.